The van der Waals surface area contributed by atoms with Crippen molar-refractivity contribution in [3.8, 4) is 0 Å². The van der Waals surface area contributed by atoms with Crippen molar-refractivity contribution in [2.24, 2.45) is 0 Å². The van der Waals surface area contributed by atoms with Gasteiger partial charge in [0.15, 0.2) is 5.13 Å². The first-order valence-electron chi connectivity index (χ1n) is 6.93. The molecule has 2 rings (SSSR count). The molecule has 0 saturated heterocycles. The van der Waals surface area contributed by atoms with Gasteiger partial charge in [0.05, 0.1) is 4.90 Å². The number of aromatic nitrogens is 1. The van der Waals surface area contributed by atoms with Gasteiger partial charge in [0.1, 0.15) is 0 Å². The van der Waals surface area contributed by atoms with Crippen LogP contribution in [-0.2, 0) is 19.6 Å². The third kappa shape index (κ3) is 5.41. The van der Waals surface area contributed by atoms with Crippen LogP contribution < -0.4 is 15.4 Å². The maximum Gasteiger partial charge on any atom is 0.240 e. The van der Waals surface area contributed by atoms with Gasteiger partial charge in [-0.05, 0) is 24.3 Å². The van der Waals surface area contributed by atoms with Crippen LogP contribution in [0.4, 0.5) is 10.8 Å². The van der Waals surface area contributed by atoms with E-state index in [9.17, 15) is 18.0 Å². The fourth-order valence-electron chi connectivity index (χ4n) is 1.77. The molecule has 0 unspecified atom stereocenters. The van der Waals surface area contributed by atoms with Gasteiger partial charge in [0.2, 0.25) is 21.8 Å². The highest BCUT2D eigenvalue weighted by atomic mass is 32.2. The van der Waals surface area contributed by atoms with E-state index in [1.807, 2.05) is 0 Å². The van der Waals surface area contributed by atoms with Crippen molar-refractivity contribution in [2.45, 2.75) is 18.2 Å². The van der Waals surface area contributed by atoms with Gasteiger partial charge in [0, 0.05) is 37.2 Å². The maximum absolute atomic E-state index is 12.1. The Hall–Kier alpha value is -2.30. The summed E-state index contributed by atoms with van der Waals surface area (Å²) >= 11 is 1.28. The number of carbonyl (C=O) groups excluding carboxylic acids is 2. The quantitative estimate of drug-likeness (QED) is 0.683. The van der Waals surface area contributed by atoms with E-state index in [0.29, 0.717) is 10.8 Å². The Bertz CT molecular complexity index is 802. The van der Waals surface area contributed by atoms with Crippen LogP contribution in [0, 0.1) is 0 Å². The van der Waals surface area contributed by atoms with Crippen LogP contribution in [-0.4, -0.2) is 31.8 Å². The first-order valence-corrected chi connectivity index (χ1v) is 9.30. The van der Waals surface area contributed by atoms with Crippen molar-refractivity contribution in [3.05, 3.63) is 35.8 Å². The van der Waals surface area contributed by atoms with Crippen LogP contribution >= 0.6 is 11.3 Å². The van der Waals surface area contributed by atoms with Gasteiger partial charge >= 0.3 is 0 Å². The normalized spacial score (nSPS) is 11.0. The van der Waals surface area contributed by atoms with Gasteiger partial charge in [-0.15, -0.1) is 11.3 Å². The smallest absolute Gasteiger partial charge is 0.240 e. The van der Waals surface area contributed by atoms with Crippen molar-refractivity contribution in [2.75, 3.05) is 17.2 Å². The van der Waals surface area contributed by atoms with Crippen LogP contribution in [0.15, 0.2) is 40.7 Å². The molecule has 2 amide bonds. The lowest BCUT2D eigenvalue weighted by atomic mass is 10.3. The van der Waals surface area contributed by atoms with E-state index in [0.717, 1.165) is 0 Å². The molecule has 0 aliphatic carbocycles. The molecule has 128 valence electrons. The standard InChI is InChI=1S/C14H16N4O4S2/c1-10(19)17-11-2-4-12(5-3-11)24(21,22)16-7-6-13(20)18-14-15-8-9-23-14/h2-5,8-9,16H,6-7H2,1H3,(H,17,19)(H,15,18,20). The highest BCUT2D eigenvalue weighted by Gasteiger charge is 2.14. The number of hydrogen-bond acceptors (Lipinski definition) is 6. The van der Waals surface area contributed by atoms with Gasteiger partial charge in [-0.2, -0.15) is 0 Å². The molecule has 0 spiro atoms. The predicted molar refractivity (Wildman–Crippen MR) is 91.3 cm³/mol. The second-order valence-corrected chi connectivity index (χ2v) is 7.40. The number of nitrogens with one attached hydrogen (secondary N) is 3. The van der Waals surface area contributed by atoms with Crippen LogP contribution in [0.25, 0.3) is 0 Å². The maximum atomic E-state index is 12.1. The van der Waals surface area contributed by atoms with Gasteiger partial charge < -0.3 is 10.6 Å². The molecule has 3 N–H and O–H groups in total. The van der Waals surface area contributed by atoms with E-state index in [1.54, 1.807) is 11.6 Å². The number of sulfonamides is 1. The molecule has 24 heavy (non-hydrogen) atoms. The molecule has 1 heterocycles. The average Bonchev–Trinajstić information content (AvgIpc) is 2.99. The third-order valence-electron chi connectivity index (χ3n) is 2.81. The van der Waals surface area contributed by atoms with Crippen molar-refractivity contribution >= 4 is 44.0 Å². The Morgan fingerprint density at radius 1 is 1.17 bits per heavy atom. The van der Waals surface area contributed by atoms with Crippen LogP contribution in [0.5, 0.6) is 0 Å². The summed E-state index contributed by atoms with van der Waals surface area (Å²) in [4.78, 5) is 26.6. The molecule has 2 aromatic rings. The summed E-state index contributed by atoms with van der Waals surface area (Å²) in [6.45, 7) is 1.33. The second kappa shape index (κ2) is 7.99. The molecule has 0 aliphatic rings. The lowest BCUT2D eigenvalue weighted by Gasteiger charge is -2.08. The molecule has 1 aromatic carbocycles. The lowest BCUT2D eigenvalue weighted by Crippen LogP contribution is -2.27. The monoisotopic (exact) mass is 368 g/mol. The van der Waals surface area contributed by atoms with Crippen molar-refractivity contribution in [3.63, 3.8) is 0 Å². The predicted octanol–water partition coefficient (Wildman–Crippen LogP) is 1.41. The molecule has 0 atom stereocenters. The Kier molecular flexibility index (Phi) is 6.01. The Morgan fingerprint density at radius 2 is 1.88 bits per heavy atom. The molecule has 0 radical (unpaired) electrons. The molecular weight excluding hydrogens is 352 g/mol. The Morgan fingerprint density at radius 3 is 2.46 bits per heavy atom. The largest absolute Gasteiger partial charge is 0.326 e. The van der Waals surface area contributed by atoms with Crippen molar-refractivity contribution < 1.29 is 18.0 Å². The van der Waals surface area contributed by atoms with E-state index >= 15 is 0 Å². The van der Waals surface area contributed by atoms with E-state index in [-0.39, 0.29) is 29.7 Å². The molecule has 0 aliphatic heterocycles. The summed E-state index contributed by atoms with van der Waals surface area (Å²) in [7, 11) is -3.72. The van der Waals surface area contributed by atoms with Gasteiger partial charge in [-0.3, -0.25) is 9.59 Å². The van der Waals surface area contributed by atoms with Gasteiger partial charge in [0.25, 0.3) is 0 Å². The van der Waals surface area contributed by atoms with Gasteiger partial charge in [-0.1, -0.05) is 0 Å². The van der Waals surface area contributed by atoms with Crippen LogP contribution in [0.3, 0.4) is 0 Å². The molecule has 1 aromatic heterocycles. The molecule has 8 nitrogen and oxygen atoms in total. The topological polar surface area (TPSA) is 117 Å². The Balaban J connectivity index is 1.86. The number of amides is 2. The number of nitrogens with zero attached hydrogens (tertiary/aromatic N) is 1. The number of thiazole rings is 1. The number of benzene rings is 1. The number of hydrogen-bond donors (Lipinski definition) is 3. The number of anilines is 2. The number of carbonyl (C=O) groups is 2. The minimum Gasteiger partial charge on any atom is -0.326 e. The first kappa shape index (κ1) is 18.0. The van der Waals surface area contributed by atoms with Crippen molar-refractivity contribution in [1.82, 2.24) is 9.71 Å². The minimum atomic E-state index is -3.72. The van der Waals surface area contributed by atoms with Crippen LogP contribution in [0.2, 0.25) is 0 Å². The van der Waals surface area contributed by atoms with E-state index in [2.05, 4.69) is 20.3 Å². The minimum absolute atomic E-state index is 0.0111. The summed E-state index contributed by atoms with van der Waals surface area (Å²) in [5, 5.41) is 7.31. The molecule has 0 bridgehead atoms. The SMILES string of the molecule is CC(=O)Nc1ccc(S(=O)(=O)NCCC(=O)Nc2nccs2)cc1. The fraction of sp³-hybridized carbons (Fsp3) is 0.214. The van der Waals surface area contributed by atoms with E-state index in [4.69, 9.17) is 0 Å². The summed E-state index contributed by atoms with van der Waals surface area (Å²) in [5.41, 5.74) is 0.504. The number of rotatable bonds is 7. The molecule has 0 fully saturated rings. The fourth-order valence-corrected chi connectivity index (χ4v) is 3.35. The summed E-state index contributed by atoms with van der Waals surface area (Å²) in [5.74, 6) is -0.566. The zero-order valence-electron chi connectivity index (χ0n) is 12.8. The van der Waals surface area contributed by atoms with Gasteiger partial charge in [-0.25, -0.2) is 18.1 Å². The first-order chi connectivity index (χ1) is 11.4. The highest BCUT2D eigenvalue weighted by molar-refractivity contribution is 7.89. The second-order valence-electron chi connectivity index (χ2n) is 4.74. The molecular formula is C14H16N4O4S2. The van der Waals surface area contributed by atoms with Crippen molar-refractivity contribution in [1.29, 1.82) is 0 Å². The average molecular weight is 368 g/mol. The summed E-state index contributed by atoms with van der Waals surface area (Å²) in [6.07, 6.45) is 1.55. The summed E-state index contributed by atoms with van der Waals surface area (Å²) < 4.78 is 26.6. The lowest BCUT2D eigenvalue weighted by molar-refractivity contribution is -0.116. The molecule has 0 saturated carbocycles. The van der Waals surface area contributed by atoms with E-state index < -0.39 is 10.0 Å². The van der Waals surface area contributed by atoms with E-state index in [1.165, 1.54) is 42.5 Å². The Labute approximate surface area is 143 Å². The third-order valence-corrected chi connectivity index (χ3v) is 4.97. The van der Waals surface area contributed by atoms with Crippen LogP contribution in [0.1, 0.15) is 13.3 Å². The zero-order valence-corrected chi connectivity index (χ0v) is 14.4. The highest BCUT2D eigenvalue weighted by Crippen LogP contribution is 2.14. The zero-order chi connectivity index (χ0) is 17.6. The molecule has 10 heteroatoms. The summed E-state index contributed by atoms with van der Waals surface area (Å²) in [6, 6.07) is 5.74.